The fourth-order valence-electron chi connectivity index (χ4n) is 2.74. The van der Waals surface area contributed by atoms with E-state index in [1.807, 2.05) is 13.8 Å². The minimum absolute atomic E-state index is 0.0112. The summed E-state index contributed by atoms with van der Waals surface area (Å²) in [6.07, 6.45) is 0.672. The van der Waals surface area contributed by atoms with Crippen LogP contribution in [-0.2, 0) is 42.8 Å². The number of hydrogen-bond donors (Lipinski definition) is 0. The van der Waals surface area contributed by atoms with Crippen molar-refractivity contribution in [2.75, 3.05) is 46.2 Å². The summed E-state index contributed by atoms with van der Waals surface area (Å²) < 4.78 is 75.7. The molecule has 1 atom stereocenters. The van der Waals surface area contributed by atoms with Crippen molar-refractivity contribution in [3.63, 3.8) is 0 Å². The monoisotopic (exact) mass is 528 g/mol. The predicted octanol–water partition coefficient (Wildman–Crippen LogP) is 3.02. The summed E-state index contributed by atoms with van der Waals surface area (Å²) in [4.78, 5) is 0.123. The molecule has 11 heteroatoms. The zero-order valence-electron chi connectivity index (χ0n) is 19.9. The van der Waals surface area contributed by atoms with Crippen LogP contribution in [0.1, 0.15) is 11.1 Å². The number of ether oxygens (including phenoxy) is 3. The quantitative estimate of drug-likeness (QED) is 0.174. The molecule has 0 aliphatic heterocycles. The molecular formula is C24H32O9S2. The van der Waals surface area contributed by atoms with Gasteiger partial charge in [-0.3, -0.25) is 8.37 Å². The first-order valence-corrected chi connectivity index (χ1v) is 13.8. The SMILES string of the molecule is C=CCOCC(COCCOCCOS(=O)(=O)c1ccc(C)cc1)OS(=O)(=O)c1ccc(C)cc1. The minimum atomic E-state index is -4.00. The second-order valence-electron chi connectivity index (χ2n) is 7.59. The summed E-state index contributed by atoms with van der Waals surface area (Å²) in [6, 6.07) is 12.7. The highest BCUT2D eigenvalue weighted by Crippen LogP contribution is 2.16. The maximum absolute atomic E-state index is 12.6. The lowest BCUT2D eigenvalue weighted by molar-refractivity contribution is -0.0176. The highest BCUT2D eigenvalue weighted by molar-refractivity contribution is 7.87. The summed E-state index contributed by atoms with van der Waals surface area (Å²) in [7, 11) is -7.84. The average molecular weight is 529 g/mol. The molecule has 0 aliphatic carbocycles. The van der Waals surface area contributed by atoms with E-state index in [1.165, 1.54) is 24.3 Å². The highest BCUT2D eigenvalue weighted by atomic mass is 32.2. The van der Waals surface area contributed by atoms with Crippen molar-refractivity contribution in [1.82, 2.24) is 0 Å². The van der Waals surface area contributed by atoms with E-state index in [2.05, 4.69) is 6.58 Å². The molecule has 0 heterocycles. The number of hydrogen-bond acceptors (Lipinski definition) is 9. The van der Waals surface area contributed by atoms with Gasteiger partial charge in [0.25, 0.3) is 20.2 Å². The van der Waals surface area contributed by atoms with Crippen molar-refractivity contribution in [2.45, 2.75) is 29.7 Å². The van der Waals surface area contributed by atoms with E-state index in [0.29, 0.717) is 0 Å². The van der Waals surface area contributed by atoms with Gasteiger partial charge in [0, 0.05) is 0 Å². The first-order chi connectivity index (χ1) is 16.6. The van der Waals surface area contributed by atoms with Gasteiger partial charge in [-0.05, 0) is 38.1 Å². The molecule has 0 bridgehead atoms. The molecule has 9 nitrogen and oxygen atoms in total. The molecule has 0 aromatic heterocycles. The molecule has 0 saturated heterocycles. The van der Waals surface area contributed by atoms with Crippen LogP contribution < -0.4 is 0 Å². The molecule has 0 amide bonds. The smallest absolute Gasteiger partial charge is 0.297 e. The van der Waals surface area contributed by atoms with Gasteiger partial charge >= 0.3 is 0 Å². The van der Waals surface area contributed by atoms with Crippen LogP contribution >= 0.6 is 0 Å². The van der Waals surface area contributed by atoms with Crippen LogP contribution in [0.15, 0.2) is 71.0 Å². The second kappa shape index (κ2) is 14.4. The van der Waals surface area contributed by atoms with Crippen molar-refractivity contribution in [3.05, 3.63) is 72.3 Å². The summed E-state index contributed by atoms with van der Waals surface area (Å²) in [5, 5.41) is 0. The number of benzene rings is 2. The van der Waals surface area contributed by atoms with Crippen molar-refractivity contribution < 1.29 is 39.4 Å². The van der Waals surface area contributed by atoms with Crippen molar-refractivity contribution in [2.24, 2.45) is 0 Å². The van der Waals surface area contributed by atoms with Gasteiger partial charge in [0.05, 0.1) is 56.0 Å². The van der Waals surface area contributed by atoms with E-state index < -0.39 is 26.3 Å². The van der Waals surface area contributed by atoms with Gasteiger partial charge in [-0.1, -0.05) is 41.5 Å². The Labute approximate surface area is 207 Å². The fourth-order valence-corrected chi connectivity index (χ4v) is 4.68. The van der Waals surface area contributed by atoms with Crippen LogP contribution in [0.3, 0.4) is 0 Å². The molecule has 0 radical (unpaired) electrons. The fraction of sp³-hybridized carbons (Fsp3) is 0.417. The van der Waals surface area contributed by atoms with E-state index in [0.717, 1.165) is 11.1 Å². The van der Waals surface area contributed by atoms with Crippen LogP contribution in [0.2, 0.25) is 0 Å². The largest absolute Gasteiger partial charge is 0.377 e. The van der Waals surface area contributed by atoms with Gasteiger partial charge in [0.15, 0.2) is 0 Å². The minimum Gasteiger partial charge on any atom is -0.377 e. The van der Waals surface area contributed by atoms with Crippen molar-refractivity contribution in [3.8, 4) is 0 Å². The predicted molar refractivity (Wildman–Crippen MR) is 130 cm³/mol. The maximum atomic E-state index is 12.6. The molecule has 1 unspecified atom stereocenters. The number of rotatable bonds is 17. The van der Waals surface area contributed by atoms with Gasteiger partial charge in [-0.2, -0.15) is 16.8 Å². The third-order valence-corrected chi connectivity index (χ3v) is 7.26. The van der Waals surface area contributed by atoms with Gasteiger partial charge in [0.2, 0.25) is 0 Å². The molecule has 2 rings (SSSR count). The third-order valence-electron chi connectivity index (χ3n) is 4.56. The first-order valence-electron chi connectivity index (χ1n) is 10.9. The van der Waals surface area contributed by atoms with Gasteiger partial charge in [0.1, 0.15) is 6.10 Å². The second-order valence-corrected chi connectivity index (χ2v) is 10.8. The molecule has 2 aromatic rings. The van der Waals surface area contributed by atoms with E-state index in [4.69, 9.17) is 22.6 Å². The Morgan fingerprint density at radius 2 is 1.20 bits per heavy atom. The summed E-state index contributed by atoms with van der Waals surface area (Å²) in [6.45, 7) is 7.62. The Hall–Kier alpha value is -2.12. The molecule has 194 valence electrons. The summed E-state index contributed by atoms with van der Waals surface area (Å²) in [5.41, 5.74) is 1.87. The zero-order chi connectivity index (χ0) is 25.7. The molecule has 0 aliphatic rings. The number of aryl methyl sites for hydroxylation is 2. The Morgan fingerprint density at radius 1 is 0.714 bits per heavy atom. The van der Waals surface area contributed by atoms with Crippen LogP contribution in [0, 0.1) is 13.8 Å². The first kappa shape index (κ1) is 29.1. The summed E-state index contributed by atoms with van der Waals surface area (Å²) >= 11 is 0. The molecule has 0 spiro atoms. The Balaban J connectivity index is 1.72. The topological polar surface area (TPSA) is 114 Å². The third kappa shape index (κ3) is 10.6. The zero-order valence-corrected chi connectivity index (χ0v) is 21.6. The van der Waals surface area contributed by atoms with E-state index in [1.54, 1.807) is 30.3 Å². The Kier molecular flexibility index (Phi) is 12.0. The van der Waals surface area contributed by atoms with Crippen LogP contribution in [-0.4, -0.2) is 69.2 Å². The van der Waals surface area contributed by atoms with Gasteiger partial charge in [-0.25, -0.2) is 0 Å². The lowest BCUT2D eigenvalue weighted by Gasteiger charge is -2.18. The lowest BCUT2D eigenvalue weighted by Crippen LogP contribution is -2.29. The Morgan fingerprint density at radius 3 is 1.77 bits per heavy atom. The molecule has 0 fully saturated rings. The van der Waals surface area contributed by atoms with Crippen molar-refractivity contribution in [1.29, 1.82) is 0 Å². The van der Waals surface area contributed by atoms with Gasteiger partial charge < -0.3 is 14.2 Å². The standard InChI is InChI=1S/C24H32O9S2/c1-4-13-30-18-22(33-35(27,28)24-11-7-21(3)8-12-24)19-31-15-14-29-16-17-32-34(25,26)23-9-5-20(2)6-10-23/h4-12,22H,1,13-19H2,2-3H3. The lowest BCUT2D eigenvalue weighted by atomic mass is 10.2. The van der Waals surface area contributed by atoms with Gasteiger partial charge in [-0.15, -0.1) is 6.58 Å². The summed E-state index contributed by atoms with van der Waals surface area (Å²) in [5.74, 6) is 0. The molecule has 0 N–H and O–H groups in total. The van der Waals surface area contributed by atoms with E-state index >= 15 is 0 Å². The highest BCUT2D eigenvalue weighted by Gasteiger charge is 2.22. The van der Waals surface area contributed by atoms with Crippen molar-refractivity contribution >= 4 is 20.2 Å². The maximum Gasteiger partial charge on any atom is 0.297 e. The van der Waals surface area contributed by atoms with Crippen LogP contribution in [0.5, 0.6) is 0 Å². The average Bonchev–Trinajstić information content (AvgIpc) is 2.81. The molecule has 0 saturated carbocycles. The Bertz CT molecular complexity index is 1110. The van der Waals surface area contributed by atoms with E-state index in [-0.39, 0.29) is 56.0 Å². The molecule has 35 heavy (non-hydrogen) atoms. The molecule has 2 aromatic carbocycles. The normalized spacial score (nSPS) is 13.0. The van der Waals surface area contributed by atoms with E-state index in [9.17, 15) is 16.8 Å². The van der Waals surface area contributed by atoms with Crippen LogP contribution in [0.25, 0.3) is 0 Å². The molecular weight excluding hydrogens is 496 g/mol. The van der Waals surface area contributed by atoms with Crippen LogP contribution in [0.4, 0.5) is 0 Å².